The Hall–Kier alpha value is -1.75. The number of benzene rings is 1. The van der Waals surface area contributed by atoms with Gasteiger partial charge in [-0.2, -0.15) is 0 Å². The number of hydrogen-bond acceptors (Lipinski definition) is 4. The minimum Gasteiger partial charge on any atom is -0.508 e. The lowest BCUT2D eigenvalue weighted by molar-refractivity contribution is 0.0657. The lowest BCUT2D eigenvalue weighted by Crippen LogP contribution is -2.48. The molecule has 2 rings (SSSR count). The largest absolute Gasteiger partial charge is 0.508 e. The topological polar surface area (TPSA) is 86.8 Å². The SMILES string of the molecule is CC1CC(N)CN(C(=O)c2cc(O)ccc2O)C1. The first-order chi connectivity index (χ1) is 8.47. The van der Waals surface area contributed by atoms with Crippen LogP contribution >= 0.6 is 0 Å². The average Bonchev–Trinajstić information content (AvgIpc) is 2.30. The second kappa shape index (κ2) is 4.86. The molecule has 1 amide bonds. The van der Waals surface area contributed by atoms with Crippen LogP contribution in [0.3, 0.4) is 0 Å². The van der Waals surface area contributed by atoms with E-state index in [1.165, 1.54) is 18.2 Å². The first-order valence-electron chi connectivity index (χ1n) is 6.04. The van der Waals surface area contributed by atoms with E-state index >= 15 is 0 Å². The van der Waals surface area contributed by atoms with Crippen LogP contribution in [0.1, 0.15) is 23.7 Å². The van der Waals surface area contributed by atoms with E-state index in [-0.39, 0.29) is 29.0 Å². The van der Waals surface area contributed by atoms with Crippen molar-refractivity contribution in [2.75, 3.05) is 13.1 Å². The van der Waals surface area contributed by atoms with Crippen LogP contribution in [0, 0.1) is 5.92 Å². The summed E-state index contributed by atoms with van der Waals surface area (Å²) in [6, 6.07) is 3.91. The number of hydrogen-bond donors (Lipinski definition) is 3. The Balaban J connectivity index is 2.22. The molecule has 1 heterocycles. The third-order valence-electron chi connectivity index (χ3n) is 3.19. The summed E-state index contributed by atoms with van der Waals surface area (Å²) in [6.07, 6.45) is 0.899. The van der Waals surface area contributed by atoms with Crippen LogP contribution in [0.2, 0.25) is 0 Å². The first-order valence-corrected chi connectivity index (χ1v) is 6.04. The number of nitrogens with two attached hydrogens (primary N) is 1. The van der Waals surface area contributed by atoms with E-state index in [4.69, 9.17) is 5.73 Å². The van der Waals surface area contributed by atoms with E-state index in [2.05, 4.69) is 0 Å². The molecule has 4 N–H and O–H groups in total. The Bertz CT molecular complexity index is 452. The van der Waals surface area contributed by atoms with Gasteiger partial charge in [-0.05, 0) is 30.5 Å². The summed E-state index contributed by atoms with van der Waals surface area (Å²) >= 11 is 0. The van der Waals surface area contributed by atoms with Crippen LogP contribution in [-0.4, -0.2) is 40.2 Å². The lowest BCUT2D eigenvalue weighted by atomic mass is 9.96. The Morgan fingerprint density at radius 2 is 2.11 bits per heavy atom. The van der Waals surface area contributed by atoms with Crippen molar-refractivity contribution < 1.29 is 15.0 Å². The molecule has 2 atom stereocenters. The minimum atomic E-state index is -0.287. The number of likely N-dealkylation sites (tertiary alicyclic amines) is 1. The van der Waals surface area contributed by atoms with Crippen molar-refractivity contribution in [2.24, 2.45) is 11.7 Å². The lowest BCUT2D eigenvalue weighted by Gasteiger charge is -2.34. The number of rotatable bonds is 1. The van der Waals surface area contributed by atoms with E-state index in [1.54, 1.807) is 4.90 Å². The van der Waals surface area contributed by atoms with Crippen LogP contribution in [0.25, 0.3) is 0 Å². The quantitative estimate of drug-likeness (QED) is 0.646. The molecule has 1 aliphatic rings. The molecule has 98 valence electrons. The average molecular weight is 250 g/mol. The van der Waals surface area contributed by atoms with Crippen molar-refractivity contribution in [1.82, 2.24) is 4.90 Å². The van der Waals surface area contributed by atoms with Gasteiger partial charge in [-0.15, -0.1) is 0 Å². The number of amides is 1. The zero-order valence-corrected chi connectivity index (χ0v) is 10.3. The molecule has 18 heavy (non-hydrogen) atoms. The molecule has 1 aromatic carbocycles. The smallest absolute Gasteiger partial charge is 0.257 e. The molecule has 0 spiro atoms. The Labute approximate surface area is 106 Å². The summed E-state index contributed by atoms with van der Waals surface area (Å²) in [6.45, 7) is 3.15. The highest BCUT2D eigenvalue weighted by molar-refractivity contribution is 5.97. The third-order valence-corrected chi connectivity index (χ3v) is 3.19. The maximum absolute atomic E-state index is 12.3. The maximum atomic E-state index is 12.3. The summed E-state index contributed by atoms with van der Waals surface area (Å²) in [5, 5.41) is 19.1. The summed E-state index contributed by atoms with van der Waals surface area (Å²) in [5.74, 6) is -0.0994. The molecule has 0 radical (unpaired) electrons. The van der Waals surface area contributed by atoms with Crippen LogP contribution in [0.5, 0.6) is 11.5 Å². The molecule has 5 heteroatoms. The molecule has 0 bridgehead atoms. The van der Waals surface area contributed by atoms with E-state index in [0.717, 1.165) is 6.42 Å². The Morgan fingerprint density at radius 3 is 2.78 bits per heavy atom. The van der Waals surface area contributed by atoms with Crippen molar-refractivity contribution in [2.45, 2.75) is 19.4 Å². The van der Waals surface area contributed by atoms with Crippen molar-refractivity contribution in [3.8, 4) is 11.5 Å². The van der Waals surface area contributed by atoms with Gasteiger partial charge in [-0.25, -0.2) is 0 Å². The van der Waals surface area contributed by atoms with Crippen molar-refractivity contribution in [3.05, 3.63) is 23.8 Å². The van der Waals surface area contributed by atoms with Gasteiger partial charge < -0.3 is 20.8 Å². The monoisotopic (exact) mass is 250 g/mol. The Kier molecular flexibility index (Phi) is 3.43. The van der Waals surface area contributed by atoms with Gasteiger partial charge in [0.1, 0.15) is 11.5 Å². The van der Waals surface area contributed by atoms with Gasteiger partial charge in [-0.1, -0.05) is 6.92 Å². The first kappa shape index (κ1) is 12.7. The molecule has 0 saturated carbocycles. The van der Waals surface area contributed by atoms with Gasteiger partial charge in [0.05, 0.1) is 5.56 Å². The number of piperidine rings is 1. The van der Waals surface area contributed by atoms with Crippen molar-refractivity contribution >= 4 is 5.91 Å². The number of nitrogens with zero attached hydrogens (tertiary/aromatic N) is 1. The highest BCUT2D eigenvalue weighted by atomic mass is 16.3. The van der Waals surface area contributed by atoms with Crippen LogP contribution < -0.4 is 5.73 Å². The van der Waals surface area contributed by atoms with Gasteiger partial charge in [0.2, 0.25) is 0 Å². The fourth-order valence-electron chi connectivity index (χ4n) is 2.43. The molecule has 1 saturated heterocycles. The maximum Gasteiger partial charge on any atom is 0.257 e. The summed E-state index contributed by atoms with van der Waals surface area (Å²) < 4.78 is 0. The van der Waals surface area contributed by atoms with Crippen LogP contribution in [0.15, 0.2) is 18.2 Å². The van der Waals surface area contributed by atoms with Gasteiger partial charge in [0, 0.05) is 19.1 Å². The van der Waals surface area contributed by atoms with Crippen LogP contribution in [0.4, 0.5) is 0 Å². The number of phenolic OH excluding ortho intramolecular Hbond substituents is 2. The van der Waals surface area contributed by atoms with Gasteiger partial charge in [0.15, 0.2) is 0 Å². The number of carbonyl (C=O) groups is 1. The molecule has 0 aliphatic carbocycles. The van der Waals surface area contributed by atoms with E-state index in [0.29, 0.717) is 19.0 Å². The number of carbonyl (C=O) groups excluding carboxylic acids is 1. The molecule has 2 unspecified atom stereocenters. The highest BCUT2D eigenvalue weighted by Gasteiger charge is 2.27. The second-order valence-corrected chi connectivity index (χ2v) is 5.01. The predicted molar refractivity (Wildman–Crippen MR) is 67.4 cm³/mol. The van der Waals surface area contributed by atoms with Gasteiger partial charge >= 0.3 is 0 Å². The fraction of sp³-hybridized carbons (Fsp3) is 0.462. The zero-order chi connectivity index (χ0) is 13.3. The summed E-state index contributed by atoms with van der Waals surface area (Å²) in [4.78, 5) is 13.9. The second-order valence-electron chi connectivity index (χ2n) is 5.01. The number of aromatic hydroxyl groups is 2. The van der Waals surface area contributed by atoms with E-state index in [1.807, 2.05) is 6.92 Å². The standard InChI is InChI=1S/C13H18N2O3/c1-8-4-9(14)7-15(6-8)13(18)11-5-10(16)2-3-12(11)17/h2-3,5,8-9,16-17H,4,6-7,14H2,1H3. The predicted octanol–water partition coefficient (Wildman–Crippen LogP) is 0.907. The summed E-state index contributed by atoms with van der Waals surface area (Å²) in [7, 11) is 0. The summed E-state index contributed by atoms with van der Waals surface area (Å²) in [5.41, 5.74) is 6.02. The van der Waals surface area contributed by atoms with Crippen molar-refractivity contribution in [1.29, 1.82) is 0 Å². The fourth-order valence-corrected chi connectivity index (χ4v) is 2.43. The Morgan fingerprint density at radius 1 is 1.39 bits per heavy atom. The third kappa shape index (κ3) is 2.56. The van der Waals surface area contributed by atoms with E-state index < -0.39 is 0 Å². The molecular weight excluding hydrogens is 232 g/mol. The minimum absolute atomic E-state index is 0.0304. The van der Waals surface area contributed by atoms with E-state index in [9.17, 15) is 15.0 Å². The molecule has 1 fully saturated rings. The molecule has 1 aliphatic heterocycles. The van der Waals surface area contributed by atoms with Gasteiger partial charge in [-0.3, -0.25) is 4.79 Å². The highest BCUT2D eigenvalue weighted by Crippen LogP contribution is 2.25. The molecule has 0 aromatic heterocycles. The van der Waals surface area contributed by atoms with Crippen molar-refractivity contribution in [3.63, 3.8) is 0 Å². The molecular formula is C13H18N2O3. The molecule has 1 aromatic rings. The number of phenols is 2. The normalized spacial score (nSPS) is 24.0. The molecule has 5 nitrogen and oxygen atoms in total. The van der Waals surface area contributed by atoms with Gasteiger partial charge in [0.25, 0.3) is 5.91 Å². The van der Waals surface area contributed by atoms with Crippen LogP contribution in [-0.2, 0) is 0 Å². The zero-order valence-electron chi connectivity index (χ0n) is 10.3.